The Morgan fingerprint density at radius 1 is 1.44 bits per heavy atom. The van der Waals surface area contributed by atoms with Gasteiger partial charge in [0.15, 0.2) is 0 Å². The summed E-state index contributed by atoms with van der Waals surface area (Å²) in [6, 6.07) is 8.03. The molecular formula is C15H21N3. The zero-order chi connectivity index (χ0) is 13.0. The number of nitrogen functional groups attached to an aromatic ring is 1. The van der Waals surface area contributed by atoms with Gasteiger partial charge >= 0.3 is 0 Å². The summed E-state index contributed by atoms with van der Waals surface area (Å²) in [6.45, 7) is 3.28. The molecule has 1 aliphatic carbocycles. The SMILES string of the molecule is CCCC1(CNc2ccc(N)c(CC#N)c2)CC1. The molecule has 3 nitrogen and oxygen atoms in total. The van der Waals surface area contributed by atoms with Gasteiger partial charge in [0.25, 0.3) is 0 Å². The molecule has 0 aliphatic heterocycles. The lowest BCUT2D eigenvalue weighted by molar-refractivity contribution is 0.486. The van der Waals surface area contributed by atoms with Gasteiger partial charge in [0.2, 0.25) is 0 Å². The lowest BCUT2D eigenvalue weighted by Gasteiger charge is -2.16. The number of nitrogens with two attached hydrogens (primary N) is 1. The van der Waals surface area contributed by atoms with Crippen LogP contribution in [0.25, 0.3) is 0 Å². The van der Waals surface area contributed by atoms with E-state index in [4.69, 9.17) is 11.0 Å². The monoisotopic (exact) mass is 243 g/mol. The molecule has 0 radical (unpaired) electrons. The minimum atomic E-state index is 0.376. The predicted molar refractivity (Wildman–Crippen MR) is 75.2 cm³/mol. The second-order valence-electron chi connectivity index (χ2n) is 5.35. The maximum absolute atomic E-state index is 8.75. The standard InChI is InChI=1S/C15H21N3/c1-2-6-15(7-8-15)11-18-13-3-4-14(17)12(10-13)5-9-16/h3-4,10,18H,2,5-8,11,17H2,1H3. The number of nitriles is 1. The van der Waals surface area contributed by atoms with Crippen molar-refractivity contribution in [2.45, 2.75) is 39.0 Å². The van der Waals surface area contributed by atoms with Gasteiger partial charge in [-0.05, 0) is 48.4 Å². The Hall–Kier alpha value is -1.69. The molecule has 1 aliphatic rings. The summed E-state index contributed by atoms with van der Waals surface area (Å²) in [5, 5.41) is 12.2. The van der Waals surface area contributed by atoms with Crippen LogP contribution >= 0.6 is 0 Å². The van der Waals surface area contributed by atoms with Crippen molar-refractivity contribution in [2.75, 3.05) is 17.6 Å². The molecule has 0 amide bonds. The number of nitrogens with one attached hydrogen (secondary N) is 1. The number of hydrogen-bond donors (Lipinski definition) is 2. The third kappa shape index (κ3) is 2.95. The first-order chi connectivity index (χ1) is 8.69. The lowest BCUT2D eigenvalue weighted by Crippen LogP contribution is -2.15. The van der Waals surface area contributed by atoms with Crippen LogP contribution in [0.5, 0.6) is 0 Å². The fraction of sp³-hybridized carbons (Fsp3) is 0.533. The molecule has 18 heavy (non-hydrogen) atoms. The van der Waals surface area contributed by atoms with Crippen LogP contribution in [-0.2, 0) is 6.42 Å². The minimum absolute atomic E-state index is 0.376. The van der Waals surface area contributed by atoms with Crippen LogP contribution in [0.4, 0.5) is 11.4 Å². The maximum Gasteiger partial charge on any atom is 0.0670 e. The minimum Gasteiger partial charge on any atom is -0.398 e. The molecule has 0 heterocycles. The van der Waals surface area contributed by atoms with E-state index in [9.17, 15) is 0 Å². The number of anilines is 2. The van der Waals surface area contributed by atoms with Crippen LogP contribution in [0.1, 0.15) is 38.2 Å². The van der Waals surface area contributed by atoms with Crippen LogP contribution in [-0.4, -0.2) is 6.54 Å². The number of nitrogens with zero attached hydrogens (tertiary/aromatic N) is 1. The average molecular weight is 243 g/mol. The van der Waals surface area contributed by atoms with Crippen molar-refractivity contribution >= 4 is 11.4 Å². The van der Waals surface area contributed by atoms with Crippen LogP contribution in [0.3, 0.4) is 0 Å². The van der Waals surface area contributed by atoms with Gasteiger partial charge < -0.3 is 11.1 Å². The zero-order valence-corrected chi connectivity index (χ0v) is 11.0. The zero-order valence-electron chi connectivity index (χ0n) is 11.0. The maximum atomic E-state index is 8.75. The second kappa shape index (κ2) is 5.30. The number of hydrogen-bond acceptors (Lipinski definition) is 3. The highest BCUT2D eigenvalue weighted by Gasteiger charge is 2.40. The summed E-state index contributed by atoms with van der Waals surface area (Å²) in [5.41, 5.74) is 9.08. The van der Waals surface area contributed by atoms with E-state index in [0.29, 0.717) is 17.5 Å². The second-order valence-corrected chi connectivity index (χ2v) is 5.35. The molecular weight excluding hydrogens is 222 g/mol. The van der Waals surface area contributed by atoms with E-state index in [1.54, 1.807) is 0 Å². The van der Waals surface area contributed by atoms with E-state index >= 15 is 0 Å². The normalized spacial score (nSPS) is 16.0. The topological polar surface area (TPSA) is 61.8 Å². The molecule has 0 unspecified atom stereocenters. The average Bonchev–Trinajstić information content (AvgIpc) is 3.11. The summed E-state index contributed by atoms with van der Waals surface area (Å²) in [5.74, 6) is 0. The van der Waals surface area contributed by atoms with Gasteiger partial charge in [-0.2, -0.15) is 5.26 Å². The molecule has 0 spiro atoms. The van der Waals surface area contributed by atoms with E-state index in [2.05, 4.69) is 18.3 Å². The Balaban J connectivity index is 1.98. The van der Waals surface area contributed by atoms with Crippen molar-refractivity contribution in [1.82, 2.24) is 0 Å². The Bertz CT molecular complexity index is 455. The first-order valence-corrected chi connectivity index (χ1v) is 6.68. The van der Waals surface area contributed by atoms with Crippen LogP contribution < -0.4 is 11.1 Å². The highest BCUT2D eigenvalue weighted by atomic mass is 14.9. The molecule has 3 heteroatoms. The molecule has 0 atom stereocenters. The Morgan fingerprint density at radius 2 is 2.22 bits per heavy atom. The van der Waals surface area contributed by atoms with Gasteiger partial charge in [0.1, 0.15) is 0 Å². The fourth-order valence-corrected chi connectivity index (χ4v) is 2.47. The van der Waals surface area contributed by atoms with E-state index in [1.165, 1.54) is 25.7 Å². The van der Waals surface area contributed by atoms with Crippen LogP contribution in [0.2, 0.25) is 0 Å². The van der Waals surface area contributed by atoms with Crippen LogP contribution in [0, 0.1) is 16.7 Å². The summed E-state index contributed by atoms with van der Waals surface area (Å²) < 4.78 is 0. The van der Waals surface area contributed by atoms with Crippen molar-refractivity contribution in [3.63, 3.8) is 0 Å². The molecule has 1 aromatic carbocycles. The van der Waals surface area contributed by atoms with Gasteiger partial charge in [0, 0.05) is 17.9 Å². The van der Waals surface area contributed by atoms with E-state index < -0.39 is 0 Å². The van der Waals surface area contributed by atoms with Crippen molar-refractivity contribution in [1.29, 1.82) is 5.26 Å². The molecule has 1 saturated carbocycles. The van der Waals surface area contributed by atoms with Crippen molar-refractivity contribution in [3.8, 4) is 6.07 Å². The lowest BCUT2D eigenvalue weighted by atomic mass is 10.0. The molecule has 0 aromatic heterocycles. The highest BCUT2D eigenvalue weighted by Crippen LogP contribution is 2.49. The molecule has 2 rings (SSSR count). The van der Waals surface area contributed by atoms with Crippen LogP contribution in [0.15, 0.2) is 18.2 Å². The third-order valence-corrected chi connectivity index (χ3v) is 3.82. The molecule has 0 saturated heterocycles. The summed E-state index contributed by atoms with van der Waals surface area (Å²) >= 11 is 0. The predicted octanol–water partition coefficient (Wildman–Crippen LogP) is 3.33. The van der Waals surface area contributed by atoms with Crippen molar-refractivity contribution < 1.29 is 0 Å². The fourth-order valence-electron chi connectivity index (χ4n) is 2.47. The van der Waals surface area contributed by atoms with Crippen molar-refractivity contribution in [2.24, 2.45) is 5.41 Å². The molecule has 1 aromatic rings. The first-order valence-electron chi connectivity index (χ1n) is 6.68. The molecule has 96 valence electrons. The largest absolute Gasteiger partial charge is 0.398 e. The Labute approximate surface area is 109 Å². The summed E-state index contributed by atoms with van der Waals surface area (Å²) in [7, 11) is 0. The third-order valence-electron chi connectivity index (χ3n) is 3.82. The number of benzene rings is 1. The first kappa shape index (κ1) is 12.8. The van der Waals surface area contributed by atoms with E-state index in [0.717, 1.165) is 17.8 Å². The Kier molecular flexibility index (Phi) is 3.76. The van der Waals surface area contributed by atoms with Gasteiger partial charge in [0.05, 0.1) is 12.5 Å². The van der Waals surface area contributed by atoms with Gasteiger partial charge in [-0.3, -0.25) is 0 Å². The smallest absolute Gasteiger partial charge is 0.0670 e. The molecule has 0 bridgehead atoms. The quantitative estimate of drug-likeness (QED) is 0.753. The van der Waals surface area contributed by atoms with Gasteiger partial charge in [-0.25, -0.2) is 0 Å². The highest BCUT2D eigenvalue weighted by molar-refractivity contribution is 5.58. The number of rotatable bonds is 6. The molecule has 1 fully saturated rings. The van der Waals surface area contributed by atoms with Crippen molar-refractivity contribution in [3.05, 3.63) is 23.8 Å². The van der Waals surface area contributed by atoms with E-state index in [-0.39, 0.29) is 0 Å². The summed E-state index contributed by atoms with van der Waals surface area (Å²) in [6.07, 6.45) is 5.62. The van der Waals surface area contributed by atoms with Gasteiger partial charge in [-0.1, -0.05) is 13.3 Å². The van der Waals surface area contributed by atoms with E-state index in [1.807, 2.05) is 18.2 Å². The molecule has 3 N–H and O–H groups in total. The summed E-state index contributed by atoms with van der Waals surface area (Å²) in [4.78, 5) is 0. The van der Waals surface area contributed by atoms with Gasteiger partial charge in [-0.15, -0.1) is 0 Å². The Morgan fingerprint density at radius 3 is 2.83 bits per heavy atom.